The maximum absolute atomic E-state index is 11.6. The van der Waals surface area contributed by atoms with Crippen molar-refractivity contribution < 1.29 is 14.7 Å². The van der Waals surface area contributed by atoms with Crippen molar-refractivity contribution in [2.45, 2.75) is 20.3 Å². The molecule has 1 amide bonds. The first-order chi connectivity index (χ1) is 8.00. The van der Waals surface area contributed by atoms with E-state index >= 15 is 0 Å². The fraction of sp³-hybridized carbons (Fsp3) is 0.385. The van der Waals surface area contributed by atoms with Gasteiger partial charge in [0.05, 0.1) is 11.3 Å². The number of amides is 1. The van der Waals surface area contributed by atoms with Gasteiger partial charge in [-0.05, 0) is 24.0 Å². The Hall–Kier alpha value is -1.84. The minimum Gasteiger partial charge on any atom is -0.478 e. The number of carbonyl (C=O) groups excluding carboxylic acids is 1. The number of nitrogens with zero attached hydrogens (tertiary/aromatic N) is 1. The highest BCUT2D eigenvalue weighted by Crippen LogP contribution is 2.33. The van der Waals surface area contributed by atoms with Crippen LogP contribution in [0.5, 0.6) is 0 Å². The number of rotatable bonds is 1. The third-order valence-corrected chi connectivity index (χ3v) is 3.06. The molecule has 0 radical (unpaired) electrons. The van der Waals surface area contributed by atoms with Crippen LogP contribution in [0.3, 0.4) is 0 Å². The summed E-state index contributed by atoms with van der Waals surface area (Å²) in [7, 11) is 0. The number of fused-ring (bicyclic) bond motifs is 1. The molecule has 2 rings (SSSR count). The zero-order chi connectivity index (χ0) is 12.6. The van der Waals surface area contributed by atoms with Crippen LogP contribution in [0.2, 0.25) is 0 Å². The summed E-state index contributed by atoms with van der Waals surface area (Å²) in [5.74, 6) is -0.732. The van der Waals surface area contributed by atoms with E-state index in [0.717, 1.165) is 12.0 Å². The number of para-hydroxylation sites is 1. The molecule has 1 N–H and O–H groups in total. The summed E-state index contributed by atoms with van der Waals surface area (Å²) >= 11 is 0. The Morgan fingerprint density at radius 2 is 2.12 bits per heavy atom. The molecular formula is C13H15NO3. The lowest BCUT2D eigenvalue weighted by molar-refractivity contribution is -0.116. The molecule has 0 bridgehead atoms. The molecule has 0 saturated heterocycles. The summed E-state index contributed by atoms with van der Waals surface area (Å²) in [5, 5.41) is 9.17. The van der Waals surface area contributed by atoms with Gasteiger partial charge in [-0.1, -0.05) is 19.1 Å². The van der Waals surface area contributed by atoms with Gasteiger partial charge in [0.2, 0.25) is 5.91 Å². The third kappa shape index (κ3) is 2.02. The lowest BCUT2D eigenvalue weighted by Gasteiger charge is -2.33. The van der Waals surface area contributed by atoms with Crippen molar-refractivity contribution >= 4 is 17.6 Å². The van der Waals surface area contributed by atoms with Crippen LogP contribution in [0.15, 0.2) is 18.2 Å². The molecule has 0 fully saturated rings. The third-order valence-electron chi connectivity index (χ3n) is 3.06. The van der Waals surface area contributed by atoms with Gasteiger partial charge in [0, 0.05) is 13.5 Å². The molecule has 4 nitrogen and oxygen atoms in total. The Kier molecular flexibility index (Phi) is 2.88. The van der Waals surface area contributed by atoms with Gasteiger partial charge in [-0.2, -0.15) is 0 Å². The molecule has 1 heterocycles. The summed E-state index contributed by atoms with van der Waals surface area (Å²) < 4.78 is 0. The van der Waals surface area contributed by atoms with Gasteiger partial charge in [-0.15, -0.1) is 0 Å². The van der Waals surface area contributed by atoms with E-state index in [-0.39, 0.29) is 11.5 Å². The van der Waals surface area contributed by atoms with E-state index in [1.165, 1.54) is 6.92 Å². The molecule has 17 heavy (non-hydrogen) atoms. The van der Waals surface area contributed by atoms with Crippen LogP contribution in [-0.4, -0.2) is 23.5 Å². The second-order valence-electron chi connectivity index (χ2n) is 4.56. The van der Waals surface area contributed by atoms with E-state index in [9.17, 15) is 9.59 Å². The van der Waals surface area contributed by atoms with Crippen molar-refractivity contribution in [2.24, 2.45) is 5.92 Å². The lowest BCUT2D eigenvalue weighted by atomic mass is 9.91. The molecule has 1 atom stereocenters. The van der Waals surface area contributed by atoms with Crippen molar-refractivity contribution in [3.8, 4) is 0 Å². The molecule has 1 aromatic rings. The number of carbonyl (C=O) groups is 2. The standard InChI is InChI=1S/C13H15NO3/c1-8-6-10-4-3-5-11(13(16)17)12(10)14(7-8)9(2)15/h3-5,8H,6-7H2,1-2H3,(H,16,17). The highest BCUT2D eigenvalue weighted by Gasteiger charge is 2.28. The molecule has 1 aromatic carbocycles. The SMILES string of the molecule is CC(=O)N1CC(C)Cc2cccc(C(=O)O)c21. The van der Waals surface area contributed by atoms with Gasteiger partial charge in [-0.25, -0.2) is 4.79 Å². The maximum atomic E-state index is 11.6. The molecule has 1 aliphatic heterocycles. The van der Waals surface area contributed by atoms with Crippen molar-refractivity contribution in [1.82, 2.24) is 0 Å². The maximum Gasteiger partial charge on any atom is 0.337 e. The second kappa shape index (κ2) is 4.20. The minimum atomic E-state index is -0.984. The highest BCUT2D eigenvalue weighted by atomic mass is 16.4. The number of benzene rings is 1. The quantitative estimate of drug-likeness (QED) is 0.806. The fourth-order valence-corrected chi connectivity index (χ4v) is 2.38. The minimum absolute atomic E-state index is 0.105. The number of carboxylic acids is 1. The average Bonchev–Trinajstić information content (AvgIpc) is 2.26. The highest BCUT2D eigenvalue weighted by molar-refractivity contribution is 6.02. The Bertz CT molecular complexity index is 482. The average molecular weight is 233 g/mol. The van der Waals surface area contributed by atoms with Gasteiger partial charge < -0.3 is 10.0 Å². The van der Waals surface area contributed by atoms with Crippen LogP contribution in [0.25, 0.3) is 0 Å². The lowest BCUT2D eigenvalue weighted by Crippen LogP contribution is -2.38. The smallest absolute Gasteiger partial charge is 0.337 e. The van der Waals surface area contributed by atoms with E-state index < -0.39 is 5.97 Å². The number of hydrogen-bond donors (Lipinski definition) is 1. The first-order valence-electron chi connectivity index (χ1n) is 5.64. The molecule has 0 spiro atoms. The molecule has 0 saturated carbocycles. The predicted molar refractivity (Wildman–Crippen MR) is 64.3 cm³/mol. The van der Waals surface area contributed by atoms with Crippen molar-refractivity contribution in [1.29, 1.82) is 0 Å². The van der Waals surface area contributed by atoms with Gasteiger partial charge >= 0.3 is 5.97 Å². The fourth-order valence-electron chi connectivity index (χ4n) is 2.38. The molecule has 4 heteroatoms. The summed E-state index contributed by atoms with van der Waals surface area (Å²) in [5.41, 5.74) is 1.73. The summed E-state index contributed by atoms with van der Waals surface area (Å²) in [4.78, 5) is 24.4. The molecule has 1 unspecified atom stereocenters. The van der Waals surface area contributed by atoms with E-state index in [2.05, 4.69) is 6.92 Å². The van der Waals surface area contributed by atoms with Crippen LogP contribution >= 0.6 is 0 Å². The van der Waals surface area contributed by atoms with Gasteiger partial charge in [0.1, 0.15) is 0 Å². The summed E-state index contributed by atoms with van der Waals surface area (Å²) in [6, 6.07) is 5.18. The molecule has 0 aromatic heterocycles. The first-order valence-corrected chi connectivity index (χ1v) is 5.64. The van der Waals surface area contributed by atoms with E-state index in [0.29, 0.717) is 18.2 Å². The normalized spacial score (nSPS) is 18.7. The van der Waals surface area contributed by atoms with E-state index in [1.807, 2.05) is 6.07 Å². The van der Waals surface area contributed by atoms with Crippen LogP contribution in [0.4, 0.5) is 5.69 Å². The second-order valence-corrected chi connectivity index (χ2v) is 4.56. The summed E-state index contributed by atoms with van der Waals surface area (Å²) in [6.07, 6.45) is 0.820. The number of anilines is 1. The van der Waals surface area contributed by atoms with Crippen LogP contribution in [0.1, 0.15) is 29.8 Å². The van der Waals surface area contributed by atoms with Crippen LogP contribution in [-0.2, 0) is 11.2 Å². The van der Waals surface area contributed by atoms with Crippen LogP contribution < -0.4 is 4.90 Å². The van der Waals surface area contributed by atoms with Crippen molar-refractivity contribution in [3.05, 3.63) is 29.3 Å². The topological polar surface area (TPSA) is 57.6 Å². The number of aromatic carboxylic acids is 1. The van der Waals surface area contributed by atoms with Crippen molar-refractivity contribution in [3.63, 3.8) is 0 Å². The summed E-state index contributed by atoms with van der Waals surface area (Å²) in [6.45, 7) is 4.12. The number of carboxylic acid groups (broad SMARTS) is 1. The molecule has 0 aliphatic carbocycles. The van der Waals surface area contributed by atoms with E-state index in [4.69, 9.17) is 5.11 Å². The van der Waals surface area contributed by atoms with Crippen LogP contribution in [0, 0.1) is 5.92 Å². The van der Waals surface area contributed by atoms with Gasteiger partial charge in [0.25, 0.3) is 0 Å². The molecule has 90 valence electrons. The molecular weight excluding hydrogens is 218 g/mol. The Morgan fingerprint density at radius 1 is 1.41 bits per heavy atom. The Balaban J connectivity index is 2.60. The first kappa shape index (κ1) is 11.6. The number of hydrogen-bond acceptors (Lipinski definition) is 2. The van der Waals surface area contributed by atoms with Crippen molar-refractivity contribution in [2.75, 3.05) is 11.4 Å². The van der Waals surface area contributed by atoms with E-state index in [1.54, 1.807) is 17.0 Å². The monoisotopic (exact) mass is 233 g/mol. The zero-order valence-corrected chi connectivity index (χ0v) is 9.93. The Morgan fingerprint density at radius 3 is 2.71 bits per heavy atom. The van der Waals surface area contributed by atoms with Gasteiger partial charge in [0.15, 0.2) is 0 Å². The zero-order valence-electron chi connectivity index (χ0n) is 9.93. The molecule has 1 aliphatic rings. The Labute approximate surface area is 99.9 Å². The largest absolute Gasteiger partial charge is 0.478 e. The van der Waals surface area contributed by atoms with Gasteiger partial charge in [-0.3, -0.25) is 4.79 Å². The predicted octanol–water partition coefficient (Wildman–Crippen LogP) is 1.93.